The normalized spacial score (nSPS) is 18.1. The molecule has 1 fully saturated rings. The Morgan fingerprint density at radius 1 is 1.14 bits per heavy atom. The average molecular weight is 519 g/mol. The first kappa shape index (κ1) is 26.3. The van der Waals surface area contributed by atoms with Crippen LogP contribution in [0.5, 0.6) is 0 Å². The standard InChI is InChI=1S/C19H21F2N5OS.C2HF3O2/c20-18(21)12-9-28-10-15(12)24-19(27)16-7-5-11-6-8-17(25-26(11)16)23-14-4-2-1-3-13(14)22;3-2(4,5)1(6)7/h5-10,13-14,18H,1-4,22H2,(H,23,25)(H,24,27);(H,6,7)/t13-,14-;/m0./s1. The fourth-order valence-electron chi connectivity index (χ4n) is 3.53. The van der Waals surface area contributed by atoms with Crippen molar-refractivity contribution in [2.24, 2.45) is 5.73 Å². The Bertz CT molecular complexity index is 1180. The van der Waals surface area contributed by atoms with Gasteiger partial charge < -0.3 is 21.5 Å². The Labute approximate surface area is 199 Å². The molecule has 0 spiro atoms. The molecule has 3 aromatic heterocycles. The summed E-state index contributed by atoms with van der Waals surface area (Å²) < 4.78 is 59.3. The summed E-state index contributed by atoms with van der Waals surface area (Å²) in [5.74, 6) is -2.62. The largest absolute Gasteiger partial charge is 0.490 e. The smallest absolute Gasteiger partial charge is 0.475 e. The number of carboxylic acid groups (broad SMARTS) is 1. The molecule has 1 saturated carbocycles. The lowest BCUT2D eigenvalue weighted by Gasteiger charge is -2.29. The molecular weight excluding hydrogens is 497 g/mol. The number of halogens is 5. The topological polar surface area (TPSA) is 122 Å². The number of hydrogen-bond donors (Lipinski definition) is 4. The number of alkyl halides is 5. The first-order valence-electron chi connectivity index (χ1n) is 10.4. The van der Waals surface area contributed by atoms with Crippen molar-refractivity contribution in [3.05, 3.63) is 46.3 Å². The highest BCUT2D eigenvalue weighted by Gasteiger charge is 2.38. The summed E-state index contributed by atoms with van der Waals surface area (Å²) in [6.07, 6.45) is -3.51. The summed E-state index contributed by atoms with van der Waals surface area (Å²) >= 11 is 1.12. The van der Waals surface area contributed by atoms with Gasteiger partial charge in [-0.15, -0.1) is 16.4 Å². The van der Waals surface area contributed by atoms with Gasteiger partial charge in [-0.2, -0.15) is 13.2 Å². The maximum absolute atomic E-state index is 13.0. The van der Waals surface area contributed by atoms with Crippen LogP contribution >= 0.6 is 11.3 Å². The van der Waals surface area contributed by atoms with E-state index in [1.165, 1.54) is 15.3 Å². The van der Waals surface area contributed by atoms with Gasteiger partial charge in [-0.3, -0.25) is 4.79 Å². The highest BCUT2D eigenvalue weighted by molar-refractivity contribution is 7.08. The molecule has 35 heavy (non-hydrogen) atoms. The zero-order valence-electron chi connectivity index (χ0n) is 18.1. The van der Waals surface area contributed by atoms with Crippen LogP contribution in [0.15, 0.2) is 35.0 Å². The number of carbonyl (C=O) groups is 2. The third kappa shape index (κ3) is 6.66. The van der Waals surface area contributed by atoms with E-state index in [4.69, 9.17) is 15.6 Å². The third-order valence-electron chi connectivity index (χ3n) is 5.31. The first-order chi connectivity index (χ1) is 16.5. The van der Waals surface area contributed by atoms with E-state index in [1.54, 1.807) is 12.1 Å². The zero-order chi connectivity index (χ0) is 25.8. The fourth-order valence-corrected chi connectivity index (χ4v) is 4.30. The number of anilines is 2. The summed E-state index contributed by atoms with van der Waals surface area (Å²) in [6.45, 7) is 0. The predicted octanol–water partition coefficient (Wildman–Crippen LogP) is 4.90. The molecule has 2 atom stereocenters. The maximum atomic E-state index is 13.0. The van der Waals surface area contributed by atoms with Gasteiger partial charge in [0.05, 0.1) is 16.8 Å². The number of carboxylic acids is 1. The van der Waals surface area contributed by atoms with Crippen molar-refractivity contribution in [2.75, 3.05) is 10.6 Å². The fraction of sp³-hybridized carbons (Fsp3) is 0.381. The van der Waals surface area contributed by atoms with E-state index in [2.05, 4.69) is 15.7 Å². The average Bonchev–Trinajstić information content (AvgIpc) is 3.42. The molecule has 0 radical (unpaired) electrons. The number of fused-ring (bicyclic) bond motifs is 1. The molecule has 1 aliphatic rings. The number of amides is 1. The Hall–Kier alpha value is -3.26. The minimum atomic E-state index is -5.08. The number of rotatable bonds is 5. The lowest BCUT2D eigenvalue weighted by molar-refractivity contribution is -0.192. The number of nitrogens with one attached hydrogen (secondary N) is 2. The van der Waals surface area contributed by atoms with Gasteiger partial charge in [0.1, 0.15) is 11.5 Å². The number of thiophene rings is 1. The molecule has 3 heterocycles. The van der Waals surface area contributed by atoms with E-state index in [0.29, 0.717) is 5.82 Å². The van der Waals surface area contributed by atoms with Gasteiger partial charge in [-0.25, -0.2) is 18.1 Å². The number of nitrogens with zero attached hydrogens (tertiary/aromatic N) is 2. The van der Waals surface area contributed by atoms with Gasteiger partial charge in [-0.05, 0) is 37.1 Å². The molecule has 190 valence electrons. The van der Waals surface area contributed by atoms with Crippen LogP contribution in [-0.2, 0) is 4.79 Å². The second-order valence-electron chi connectivity index (χ2n) is 7.77. The molecule has 14 heteroatoms. The summed E-state index contributed by atoms with van der Waals surface area (Å²) in [6, 6.07) is 7.32. The number of aromatic nitrogens is 2. The monoisotopic (exact) mass is 519 g/mol. The molecule has 0 aliphatic heterocycles. The SMILES string of the molecule is N[C@H]1CCCC[C@@H]1Nc1ccc2ccc(C(=O)Nc3cscc3C(F)F)n2n1.O=C(O)C(F)(F)F. The van der Waals surface area contributed by atoms with E-state index in [9.17, 15) is 26.7 Å². The van der Waals surface area contributed by atoms with Crippen molar-refractivity contribution >= 4 is 40.2 Å². The van der Waals surface area contributed by atoms with Crippen molar-refractivity contribution in [3.8, 4) is 0 Å². The van der Waals surface area contributed by atoms with E-state index in [0.717, 1.165) is 42.5 Å². The van der Waals surface area contributed by atoms with Crippen LogP contribution in [0.1, 0.15) is 48.2 Å². The molecule has 0 aromatic carbocycles. The van der Waals surface area contributed by atoms with E-state index in [1.807, 2.05) is 12.1 Å². The van der Waals surface area contributed by atoms with E-state index in [-0.39, 0.29) is 29.0 Å². The van der Waals surface area contributed by atoms with Crippen molar-refractivity contribution in [3.63, 3.8) is 0 Å². The minimum Gasteiger partial charge on any atom is -0.475 e. The molecule has 1 aliphatic carbocycles. The van der Waals surface area contributed by atoms with Crippen molar-refractivity contribution in [1.82, 2.24) is 9.61 Å². The highest BCUT2D eigenvalue weighted by Crippen LogP contribution is 2.31. The Kier molecular flexibility index (Phi) is 8.27. The maximum Gasteiger partial charge on any atom is 0.490 e. The van der Waals surface area contributed by atoms with E-state index < -0.39 is 24.5 Å². The molecule has 8 nitrogen and oxygen atoms in total. The second kappa shape index (κ2) is 11.0. The first-order valence-corrected chi connectivity index (χ1v) is 11.4. The Morgan fingerprint density at radius 2 is 1.80 bits per heavy atom. The molecule has 3 aromatic rings. The minimum absolute atomic E-state index is 0.0741. The van der Waals surface area contributed by atoms with Gasteiger partial charge in [0.25, 0.3) is 12.3 Å². The van der Waals surface area contributed by atoms with Crippen molar-refractivity contribution < 1.29 is 36.6 Å². The van der Waals surface area contributed by atoms with Crippen LogP contribution in [-0.4, -0.2) is 44.9 Å². The number of nitrogens with two attached hydrogens (primary N) is 1. The van der Waals surface area contributed by atoms with Crippen molar-refractivity contribution in [2.45, 2.75) is 50.4 Å². The quantitative estimate of drug-likeness (QED) is 0.356. The van der Waals surface area contributed by atoms with Crippen LogP contribution in [0.4, 0.5) is 33.5 Å². The molecule has 0 saturated heterocycles. The van der Waals surface area contributed by atoms with Gasteiger partial charge in [0, 0.05) is 22.8 Å². The number of aliphatic carboxylic acids is 1. The highest BCUT2D eigenvalue weighted by atomic mass is 32.1. The lowest BCUT2D eigenvalue weighted by Crippen LogP contribution is -2.42. The molecular formula is C21H22F5N5O3S. The van der Waals surface area contributed by atoms with Gasteiger partial charge in [0.2, 0.25) is 0 Å². The lowest BCUT2D eigenvalue weighted by atomic mass is 9.91. The van der Waals surface area contributed by atoms with Crippen LogP contribution < -0.4 is 16.4 Å². The van der Waals surface area contributed by atoms with Crippen molar-refractivity contribution in [1.29, 1.82) is 0 Å². The predicted molar refractivity (Wildman–Crippen MR) is 120 cm³/mol. The van der Waals surface area contributed by atoms with Crippen LogP contribution in [0.3, 0.4) is 0 Å². The second-order valence-corrected chi connectivity index (χ2v) is 8.52. The zero-order valence-corrected chi connectivity index (χ0v) is 18.9. The summed E-state index contributed by atoms with van der Waals surface area (Å²) in [4.78, 5) is 21.6. The van der Waals surface area contributed by atoms with Crippen LogP contribution in [0, 0.1) is 0 Å². The van der Waals surface area contributed by atoms with Crippen LogP contribution in [0.25, 0.3) is 5.52 Å². The number of hydrogen-bond acceptors (Lipinski definition) is 6. The van der Waals surface area contributed by atoms with Gasteiger partial charge in [-0.1, -0.05) is 12.8 Å². The molecule has 4 rings (SSSR count). The van der Waals surface area contributed by atoms with Gasteiger partial charge >= 0.3 is 12.1 Å². The summed E-state index contributed by atoms with van der Waals surface area (Å²) in [5, 5.41) is 20.4. The van der Waals surface area contributed by atoms with Crippen LogP contribution in [0.2, 0.25) is 0 Å². The Morgan fingerprint density at radius 3 is 2.43 bits per heavy atom. The molecule has 5 N–H and O–H groups in total. The van der Waals surface area contributed by atoms with E-state index >= 15 is 0 Å². The van der Waals surface area contributed by atoms with Gasteiger partial charge in [0.15, 0.2) is 0 Å². The molecule has 0 bridgehead atoms. The third-order valence-corrected chi connectivity index (χ3v) is 6.07. The molecule has 1 amide bonds. The molecule has 0 unspecified atom stereocenters. The Balaban J connectivity index is 0.000000429. The summed E-state index contributed by atoms with van der Waals surface area (Å²) in [7, 11) is 0. The number of carbonyl (C=O) groups excluding carboxylic acids is 1. The summed E-state index contributed by atoms with van der Waals surface area (Å²) in [5.41, 5.74) is 7.15.